The molecule has 0 atom stereocenters. The number of carbonyl (C=O) groups excluding carboxylic acids is 1. The SMILES string of the molecule is Cc1cc(C(=O)Nc2cccc(N(C)C)n2)on1. The number of nitrogens with zero attached hydrogens (tertiary/aromatic N) is 3. The molecule has 0 aliphatic rings. The molecule has 0 saturated carbocycles. The standard InChI is InChI=1S/C12H14N4O2/c1-8-7-9(18-15-8)12(17)14-10-5-4-6-11(13-10)16(2)3/h4-7H,1-3H3,(H,13,14,17). The molecule has 0 unspecified atom stereocenters. The molecule has 1 amide bonds. The highest BCUT2D eigenvalue weighted by Gasteiger charge is 2.12. The van der Waals surface area contributed by atoms with Gasteiger partial charge in [-0.25, -0.2) is 4.98 Å². The van der Waals surface area contributed by atoms with E-state index in [1.807, 2.05) is 31.1 Å². The van der Waals surface area contributed by atoms with Crippen molar-refractivity contribution in [1.29, 1.82) is 0 Å². The Balaban J connectivity index is 2.14. The second-order valence-corrected chi connectivity index (χ2v) is 4.06. The number of hydrogen-bond acceptors (Lipinski definition) is 5. The zero-order valence-corrected chi connectivity index (χ0v) is 10.5. The summed E-state index contributed by atoms with van der Waals surface area (Å²) in [5.74, 6) is 1.05. The molecule has 2 aromatic rings. The largest absolute Gasteiger partial charge is 0.363 e. The van der Waals surface area contributed by atoms with Gasteiger partial charge in [0, 0.05) is 20.2 Å². The molecule has 2 heterocycles. The third-order valence-electron chi connectivity index (χ3n) is 2.29. The van der Waals surface area contributed by atoms with Gasteiger partial charge in [-0.3, -0.25) is 4.79 Å². The molecule has 2 aromatic heterocycles. The minimum atomic E-state index is -0.362. The van der Waals surface area contributed by atoms with Crippen molar-refractivity contribution in [1.82, 2.24) is 10.1 Å². The van der Waals surface area contributed by atoms with Gasteiger partial charge in [0.05, 0.1) is 5.69 Å². The second-order valence-electron chi connectivity index (χ2n) is 4.06. The molecule has 1 N–H and O–H groups in total. The van der Waals surface area contributed by atoms with Crippen LogP contribution in [0.4, 0.5) is 11.6 Å². The van der Waals surface area contributed by atoms with Crippen LogP contribution in [0.5, 0.6) is 0 Å². The summed E-state index contributed by atoms with van der Waals surface area (Å²) in [6.07, 6.45) is 0. The van der Waals surface area contributed by atoms with E-state index in [1.165, 1.54) is 0 Å². The zero-order chi connectivity index (χ0) is 13.1. The lowest BCUT2D eigenvalue weighted by atomic mass is 10.3. The summed E-state index contributed by atoms with van der Waals surface area (Å²) in [5, 5.41) is 6.32. The molecule has 0 bridgehead atoms. The summed E-state index contributed by atoms with van der Waals surface area (Å²) in [6, 6.07) is 6.97. The van der Waals surface area contributed by atoms with Crippen LogP contribution in [-0.2, 0) is 0 Å². The highest BCUT2D eigenvalue weighted by atomic mass is 16.5. The minimum Gasteiger partial charge on any atom is -0.363 e. The van der Waals surface area contributed by atoms with Crippen LogP contribution in [0.1, 0.15) is 16.2 Å². The van der Waals surface area contributed by atoms with Gasteiger partial charge in [0.2, 0.25) is 5.76 Å². The van der Waals surface area contributed by atoms with E-state index >= 15 is 0 Å². The molecule has 6 nitrogen and oxygen atoms in total. The molecular weight excluding hydrogens is 232 g/mol. The summed E-state index contributed by atoms with van der Waals surface area (Å²) in [5.41, 5.74) is 0.662. The number of hydrogen-bond donors (Lipinski definition) is 1. The topological polar surface area (TPSA) is 71.3 Å². The lowest BCUT2D eigenvalue weighted by Gasteiger charge is -2.12. The van der Waals surface area contributed by atoms with Gasteiger partial charge >= 0.3 is 0 Å². The lowest BCUT2D eigenvalue weighted by molar-refractivity contribution is 0.0987. The van der Waals surface area contributed by atoms with E-state index in [4.69, 9.17) is 4.52 Å². The summed E-state index contributed by atoms with van der Waals surface area (Å²) in [7, 11) is 3.77. The first kappa shape index (κ1) is 12.1. The number of aryl methyl sites for hydroxylation is 1. The summed E-state index contributed by atoms with van der Waals surface area (Å²) < 4.78 is 4.88. The first-order chi connectivity index (χ1) is 8.56. The number of amides is 1. The van der Waals surface area contributed by atoms with Crippen LogP contribution in [-0.4, -0.2) is 30.1 Å². The molecule has 0 aliphatic heterocycles. The van der Waals surface area contributed by atoms with Gasteiger partial charge in [-0.2, -0.15) is 0 Å². The second kappa shape index (κ2) is 4.87. The molecule has 6 heteroatoms. The molecule has 0 fully saturated rings. The van der Waals surface area contributed by atoms with Gasteiger partial charge in [-0.05, 0) is 19.1 Å². The number of pyridine rings is 1. The van der Waals surface area contributed by atoms with Crippen LogP contribution in [0, 0.1) is 6.92 Å². The number of rotatable bonds is 3. The Morgan fingerprint density at radius 2 is 2.17 bits per heavy atom. The Labute approximate surface area is 105 Å². The average molecular weight is 246 g/mol. The van der Waals surface area contributed by atoms with Crippen molar-refractivity contribution in [3.05, 3.63) is 35.7 Å². The van der Waals surface area contributed by atoms with E-state index in [9.17, 15) is 4.79 Å². The quantitative estimate of drug-likeness (QED) is 0.892. The van der Waals surface area contributed by atoms with Crippen LogP contribution in [0.15, 0.2) is 28.8 Å². The number of nitrogens with one attached hydrogen (secondary N) is 1. The average Bonchev–Trinajstić information content (AvgIpc) is 2.76. The Morgan fingerprint density at radius 3 is 2.78 bits per heavy atom. The van der Waals surface area contributed by atoms with E-state index in [1.54, 1.807) is 19.1 Å². The molecule has 18 heavy (non-hydrogen) atoms. The van der Waals surface area contributed by atoms with Crippen LogP contribution in [0.3, 0.4) is 0 Å². The van der Waals surface area contributed by atoms with Crippen molar-refractivity contribution in [2.24, 2.45) is 0 Å². The monoisotopic (exact) mass is 246 g/mol. The van der Waals surface area contributed by atoms with Gasteiger partial charge in [-0.15, -0.1) is 0 Å². The van der Waals surface area contributed by atoms with E-state index in [0.717, 1.165) is 5.82 Å². The molecule has 0 aromatic carbocycles. The maximum atomic E-state index is 11.8. The minimum absolute atomic E-state index is 0.171. The van der Waals surface area contributed by atoms with Crippen LogP contribution >= 0.6 is 0 Å². The van der Waals surface area contributed by atoms with Gasteiger partial charge in [0.25, 0.3) is 5.91 Å². The van der Waals surface area contributed by atoms with Crippen molar-refractivity contribution >= 4 is 17.5 Å². The van der Waals surface area contributed by atoms with Gasteiger partial charge < -0.3 is 14.7 Å². The van der Waals surface area contributed by atoms with Crippen LogP contribution < -0.4 is 10.2 Å². The highest BCUT2D eigenvalue weighted by molar-refractivity contribution is 6.01. The Morgan fingerprint density at radius 1 is 1.39 bits per heavy atom. The fourth-order valence-electron chi connectivity index (χ4n) is 1.39. The van der Waals surface area contributed by atoms with Gasteiger partial charge in [0.15, 0.2) is 0 Å². The number of carbonyl (C=O) groups is 1. The third kappa shape index (κ3) is 2.65. The molecule has 2 rings (SSSR count). The lowest BCUT2D eigenvalue weighted by Crippen LogP contribution is -2.15. The third-order valence-corrected chi connectivity index (χ3v) is 2.29. The zero-order valence-electron chi connectivity index (χ0n) is 10.5. The Hall–Kier alpha value is -2.37. The molecular formula is C12H14N4O2. The van der Waals surface area contributed by atoms with E-state index < -0.39 is 0 Å². The van der Waals surface area contributed by atoms with Crippen LogP contribution in [0.25, 0.3) is 0 Å². The number of anilines is 2. The summed E-state index contributed by atoms with van der Waals surface area (Å²) in [6.45, 7) is 1.76. The fraction of sp³-hybridized carbons (Fsp3) is 0.250. The van der Waals surface area contributed by atoms with Crippen molar-refractivity contribution in [2.75, 3.05) is 24.3 Å². The number of aromatic nitrogens is 2. The maximum Gasteiger partial charge on any atom is 0.295 e. The van der Waals surface area contributed by atoms with Crippen LogP contribution in [0.2, 0.25) is 0 Å². The molecule has 94 valence electrons. The highest BCUT2D eigenvalue weighted by Crippen LogP contribution is 2.13. The summed E-state index contributed by atoms with van der Waals surface area (Å²) in [4.78, 5) is 17.9. The normalized spacial score (nSPS) is 10.2. The van der Waals surface area contributed by atoms with Crippen molar-refractivity contribution in [3.8, 4) is 0 Å². The molecule has 0 saturated heterocycles. The predicted octanol–water partition coefficient (Wildman–Crippen LogP) is 1.70. The Bertz CT molecular complexity index is 563. The summed E-state index contributed by atoms with van der Waals surface area (Å²) >= 11 is 0. The fourth-order valence-corrected chi connectivity index (χ4v) is 1.39. The van der Waals surface area contributed by atoms with Crippen molar-refractivity contribution < 1.29 is 9.32 Å². The van der Waals surface area contributed by atoms with E-state index in [0.29, 0.717) is 11.5 Å². The predicted molar refractivity (Wildman–Crippen MR) is 67.8 cm³/mol. The van der Waals surface area contributed by atoms with Crippen molar-refractivity contribution in [3.63, 3.8) is 0 Å². The van der Waals surface area contributed by atoms with Gasteiger partial charge in [0.1, 0.15) is 11.6 Å². The first-order valence-corrected chi connectivity index (χ1v) is 5.45. The van der Waals surface area contributed by atoms with Gasteiger partial charge in [-0.1, -0.05) is 11.2 Å². The first-order valence-electron chi connectivity index (χ1n) is 5.45. The van der Waals surface area contributed by atoms with Crippen molar-refractivity contribution in [2.45, 2.75) is 6.92 Å². The Kier molecular flexibility index (Phi) is 3.27. The van der Waals surface area contributed by atoms with E-state index in [2.05, 4.69) is 15.5 Å². The maximum absolute atomic E-state index is 11.8. The molecule has 0 aliphatic carbocycles. The smallest absolute Gasteiger partial charge is 0.295 e. The molecule has 0 spiro atoms. The molecule has 0 radical (unpaired) electrons. The van der Waals surface area contributed by atoms with E-state index in [-0.39, 0.29) is 11.7 Å².